The van der Waals surface area contributed by atoms with Gasteiger partial charge in [-0.05, 0) is 47.8 Å². The summed E-state index contributed by atoms with van der Waals surface area (Å²) in [6.45, 7) is 0.332. The molecule has 3 aromatic rings. The second-order valence-corrected chi connectivity index (χ2v) is 6.28. The van der Waals surface area contributed by atoms with E-state index in [1.165, 1.54) is 64.8 Å². The summed E-state index contributed by atoms with van der Waals surface area (Å²) in [5.41, 5.74) is 0.799. The Hall–Kier alpha value is -3.06. The monoisotopic (exact) mass is 356 g/mol. The Balaban J connectivity index is 1.93. The number of nitro benzene ring substituents is 1. The molecule has 1 heterocycles. The molecule has 1 aromatic heterocycles. The lowest BCUT2D eigenvalue weighted by Crippen LogP contribution is -2.30. The van der Waals surface area contributed by atoms with Crippen LogP contribution in [-0.4, -0.2) is 10.8 Å². The van der Waals surface area contributed by atoms with Crippen LogP contribution < -0.4 is 4.90 Å². The number of rotatable bonds is 5. The smallest absolute Gasteiger partial charge is 0.269 e. The predicted molar refractivity (Wildman–Crippen MR) is 94.3 cm³/mol. The molecule has 0 aliphatic heterocycles. The zero-order valence-corrected chi connectivity index (χ0v) is 13.8. The van der Waals surface area contributed by atoms with Gasteiger partial charge in [0.25, 0.3) is 11.6 Å². The van der Waals surface area contributed by atoms with Gasteiger partial charge in [-0.2, -0.15) is 0 Å². The van der Waals surface area contributed by atoms with E-state index < -0.39 is 4.92 Å². The quantitative estimate of drug-likeness (QED) is 0.494. The minimum atomic E-state index is -0.516. The number of hydrogen-bond donors (Lipinski definition) is 0. The SMILES string of the molecule is O=C(c1ccc([N+](=O)[O-])cc1)N(Cc1cccs1)c1ccc(F)cc1. The van der Waals surface area contributed by atoms with E-state index in [4.69, 9.17) is 0 Å². The first-order valence-electron chi connectivity index (χ1n) is 7.39. The molecule has 25 heavy (non-hydrogen) atoms. The standard InChI is InChI=1S/C18H13FN2O3S/c19-14-5-9-15(10-6-14)20(12-17-2-1-11-25-17)18(22)13-3-7-16(8-4-13)21(23)24/h1-11H,12H2. The highest BCUT2D eigenvalue weighted by Crippen LogP contribution is 2.23. The van der Waals surface area contributed by atoms with Gasteiger partial charge in [0.05, 0.1) is 11.5 Å². The van der Waals surface area contributed by atoms with Gasteiger partial charge in [0.15, 0.2) is 0 Å². The van der Waals surface area contributed by atoms with Crippen LogP contribution in [0.5, 0.6) is 0 Å². The number of benzene rings is 2. The molecule has 0 saturated carbocycles. The van der Waals surface area contributed by atoms with Gasteiger partial charge < -0.3 is 4.90 Å². The number of non-ortho nitro benzene ring substituents is 1. The summed E-state index contributed by atoms with van der Waals surface area (Å²) >= 11 is 1.51. The van der Waals surface area contributed by atoms with E-state index in [0.29, 0.717) is 17.8 Å². The average molecular weight is 356 g/mol. The van der Waals surface area contributed by atoms with Gasteiger partial charge in [0.1, 0.15) is 5.82 Å². The average Bonchev–Trinajstić information content (AvgIpc) is 3.13. The summed E-state index contributed by atoms with van der Waals surface area (Å²) < 4.78 is 13.2. The highest BCUT2D eigenvalue weighted by Gasteiger charge is 2.19. The lowest BCUT2D eigenvalue weighted by atomic mass is 10.1. The lowest BCUT2D eigenvalue weighted by molar-refractivity contribution is -0.384. The molecule has 0 bridgehead atoms. The van der Waals surface area contributed by atoms with Crippen LogP contribution in [0.1, 0.15) is 15.2 Å². The molecule has 0 unspecified atom stereocenters. The molecule has 0 aliphatic carbocycles. The van der Waals surface area contributed by atoms with Crippen molar-refractivity contribution in [2.45, 2.75) is 6.54 Å². The zero-order chi connectivity index (χ0) is 17.8. The topological polar surface area (TPSA) is 63.4 Å². The molecule has 1 amide bonds. The third kappa shape index (κ3) is 3.89. The minimum Gasteiger partial charge on any atom is -0.303 e. The van der Waals surface area contributed by atoms with Gasteiger partial charge >= 0.3 is 0 Å². The summed E-state index contributed by atoms with van der Waals surface area (Å²) in [7, 11) is 0. The molecular formula is C18H13FN2O3S. The lowest BCUT2D eigenvalue weighted by Gasteiger charge is -2.22. The second-order valence-electron chi connectivity index (χ2n) is 5.25. The van der Waals surface area contributed by atoms with Crippen molar-refractivity contribution in [2.24, 2.45) is 0 Å². The zero-order valence-electron chi connectivity index (χ0n) is 13.0. The van der Waals surface area contributed by atoms with Crippen LogP contribution in [0.25, 0.3) is 0 Å². The molecule has 0 saturated heterocycles. The summed E-state index contributed by atoms with van der Waals surface area (Å²) in [5, 5.41) is 12.7. The summed E-state index contributed by atoms with van der Waals surface area (Å²) in [5.74, 6) is -0.697. The first-order chi connectivity index (χ1) is 12.0. The van der Waals surface area contributed by atoms with E-state index in [1.807, 2.05) is 17.5 Å². The molecule has 3 rings (SSSR count). The van der Waals surface area contributed by atoms with Crippen LogP contribution in [0.3, 0.4) is 0 Å². The number of nitro groups is 1. The van der Waals surface area contributed by atoms with Crippen LogP contribution in [0.2, 0.25) is 0 Å². The molecule has 0 radical (unpaired) electrons. The van der Waals surface area contributed by atoms with Gasteiger partial charge in [-0.1, -0.05) is 6.07 Å². The van der Waals surface area contributed by atoms with Crippen molar-refractivity contribution >= 4 is 28.6 Å². The number of hydrogen-bond acceptors (Lipinski definition) is 4. The molecule has 0 atom stereocenters. The fourth-order valence-corrected chi connectivity index (χ4v) is 3.03. The number of thiophene rings is 1. The largest absolute Gasteiger partial charge is 0.303 e. The Bertz CT molecular complexity index is 878. The Kier molecular flexibility index (Phi) is 4.85. The van der Waals surface area contributed by atoms with E-state index in [1.54, 1.807) is 0 Å². The summed E-state index contributed by atoms with van der Waals surface area (Å²) in [6, 6.07) is 14.9. The van der Waals surface area contributed by atoms with Gasteiger partial charge in [-0.15, -0.1) is 11.3 Å². The molecule has 0 aliphatic rings. The maximum atomic E-state index is 13.2. The Labute approximate surface area is 147 Å². The van der Waals surface area contributed by atoms with E-state index in [9.17, 15) is 19.3 Å². The van der Waals surface area contributed by atoms with E-state index in [0.717, 1.165) is 4.88 Å². The maximum Gasteiger partial charge on any atom is 0.269 e. The molecule has 7 heteroatoms. The molecule has 0 spiro atoms. The Morgan fingerprint density at radius 1 is 1.08 bits per heavy atom. The van der Waals surface area contributed by atoms with Crippen LogP contribution in [0, 0.1) is 15.9 Å². The first kappa shape index (κ1) is 16.8. The fourth-order valence-electron chi connectivity index (χ4n) is 2.34. The highest BCUT2D eigenvalue weighted by atomic mass is 32.1. The number of nitrogens with zero attached hydrogens (tertiary/aromatic N) is 2. The second kappa shape index (κ2) is 7.23. The van der Waals surface area contributed by atoms with Gasteiger partial charge in [0, 0.05) is 28.3 Å². The molecule has 2 aromatic carbocycles. The predicted octanol–water partition coefficient (Wildman–Crippen LogP) is 4.64. The highest BCUT2D eigenvalue weighted by molar-refractivity contribution is 7.09. The van der Waals surface area contributed by atoms with Gasteiger partial charge in [-0.25, -0.2) is 4.39 Å². The maximum absolute atomic E-state index is 13.2. The number of anilines is 1. The van der Waals surface area contributed by atoms with E-state index >= 15 is 0 Å². The number of halogens is 1. The van der Waals surface area contributed by atoms with Crippen molar-refractivity contribution in [2.75, 3.05) is 4.90 Å². The normalized spacial score (nSPS) is 10.4. The Morgan fingerprint density at radius 2 is 1.76 bits per heavy atom. The molecular weight excluding hydrogens is 343 g/mol. The van der Waals surface area contributed by atoms with Gasteiger partial charge in [0.2, 0.25) is 0 Å². The van der Waals surface area contributed by atoms with Crippen molar-refractivity contribution in [1.82, 2.24) is 0 Å². The first-order valence-corrected chi connectivity index (χ1v) is 8.27. The minimum absolute atomic E-state index is 0.0804. The van der Waals surface area contributed by atoms with Crippen LogP contribution in [-0.2, 0) is 6.54 Å². The van der Waals surface area contributed by atoms with Crippen molar-refractivity contribution < 1.29 is 14.1 Å². The number of amides is 1. The number of carbonyl (C=O) groups excluding carboxylic acids is 1. The molecule has 0 fully saturated rings. The van der Waals surface area contributed by atoms with Crippen molar-refractivity contribution in [3.8, 4) is 0 Å². The van der Waals surface area contributed by atoms with Crippen LogP contribution >= 0.6 is 11.3 Å². The van der Waals surface area contributed by atoms with Gasteiger partial charge in [-0.3, -0.25) is 14.9 Å². The van der Waals surface area contributed by atoms with E-state index in [2.05, 4.69) is 0 Å². The van der Waals surface area contributed by atoms with E-state index in [-0.39, 0.29) is 17.4 Å². The molecule has 0 N–H and O–H groups in total. The molecule has 5 nitrogen and oxygen atoms in total. The third-order valence-corrected chi connectivity index (χ3v) is 4.46. The third-order valence-electron chi connectivity index (χ3n) is 3.60. The molecule has 126 valence electrons. The van der Waals surface area contributed by atoms with Crippen LogP contribution in [0.15, 0.2) is 66.0 Å². The van der Waals surface area contributed by atoms with Crippen molar-refractivity contribution in [1.29, 1.82) is 0 Å². The summed E-state index contributed by atoms with van der Waals surface area (Å²) in [4.78, 5) is 25.6. The van der Waals surface area contributed by atoms with Crippen molar-refractivity contribution in [3.05, 3.63) is 92.4 Å². The number of carbonyl (C=O) groups is 1. The fraction of sp³-hybridized carbons (Fsp3) is 0.0556. The Morgan fingerprint density at radius 3 is 2.32 bits per heavy atom. The summed E-state index contributed by atoms with van der Waals surface area (Å²) in [6.07, 6.45) is 0. The van der Waals surface area contributed by atoms with Crippen LogP contribution in [0.4, 0.5) is 15.8 Å². The van der Waals surface area contributed by atoms with Crippen molar-refractivity contribution in [3.63, 3.8) is 0 Å².